The first-order valence-electron chi connectivity index (χ1n) is 10.2. The van der Waals surface area contributed by atoms with Crippen molar-refractivity contribution in [2.75, 3.05) is 44.3 Å². The third-order valence-corrected chi connectivity index (χ3v) is 6.04. The average molecular weight is 371 g/mol. The van der Waals surface area contributed by atoms with Crippen molar-refractivity contribution < 1.29 is 14.3 Å². The van der Waals surface area contributed by atoms with E-state index in [1.807, 2.05) is 24.3 Å². The van der Waals surface area contributed by atoms with Crippen molar-refractivity contribution in [1.82, 2.24) is 10.2 Å². The van der Waals surface area contributed by atoms with Gasteiger partial charge in [-0.05, 0) is 31.0 Å². The smallest absolute Gasteiger partial charge is 0.251 e. The van der Waals surface area contributed by atoms with Gasteiger partial charge in [0.15, 0.2) is 0 Å². The molecule has 146 valence electrons. The second-order valence-corrected chi connectivity index (χ2v) is 7.91. The van der Waals surface area contributed by atoms with Gasteiger partial charge in [0.25, 0.3) is 5.91 Å². The molecule has 0 radical (unpaired) electrons. The zero-order valence-electron chi connectivity index (χ0n) is 15.9. The lowest BCUT2D eigenvalue weighted by Crippen LogP contribution is -2.36. The van der Waals surface area contributed by atoms with Crippen LogP contribution >= 0.6 is 0 Å². The summed E-state index contributed by atoms with van der Waals surface area (Å²) in [5.74, 6) is 0.428. The maximum atomic E-state index is 12.6. The molecule has 1 aliphatic carbocycles. The van der Waals surface area contributed by atoms with E-state index in [1.165, 1.54) is 12.8 Å². The van der Waals surface area contributed by atoms with E-state index in [2.05, 4.69) is 15.1 Å². The molecular formula is C21H29N3O3. The van der Waals surface area contributed by atoms with Crippen LogP contribution in [0.25, 0.3) is 0 Å². The van der Waals surface area contributed by atoms with Crippen molar-refractivity contribution in [1.29, 1.82) is 0 Å². The summed E-state index contributed by atoms with van der Waals surface area (Å²) in [5, 5.41) is 3.04. The maximum Gasteiger partial charge on any atom is 0.251 e. The van der Waals surface area contributed by atoms with Crippen LogP contribution in [0.5, 0.6) is 0 Å². The fraction of sp³-hybridized carbons (Fsp3) is 0.619. The summed E-state index contributed by atoms with van der Waals surface area (Å²) in [5.41, 5.74) is 1.74. The monoisotopic (exact) mass is 371 g/mol. The second-order valence-electron chi connectivity index (χ2n) is 7.91. The second kappa shape index (κ2) is 8.30. The molecule has 0 spiro atoms. The number of carbonyl (C=O) groups excluding carboxylic acids is 2. The normalized spacial score (nSPS) is 23.9. The topological polar surface area (TPSA) is 61.9 Å². The zero-order valence-corrected chi connectivity index (χ0v) is 15.9. The van der Waals surface area contributed by atoms with Gasteiger partial charge in [-0.1, -0.05) is 18.9 Å². The van der Waals surface area contributed by atoms with Crippen molar-refractivity contribution in [2.24, 2.45) is 5.92 Å². The van der Waals surface area contributed by atoms with Crippen LogP contribution in [-0.4, -0.2) is 62.1 Å². The van der Waals surface area contributed by atoms with E-state index in [9.17, 15) is 9.59 Å². The number of anilines is 1. The van der Waals surface area contributed by atoms with Crippen molar-refractivity contribution in [3.05, 3.63) is 29.8 Å². The summed E-state index contributed by atoms with van der Waals surface area (Å²) in [6.07, 6.45) is 5.30. The van der Waals surface area contributed by atoms with Gasteiger partial charge in [-0.15, -0.1) is 0 Å². The van der Waals surface area contributed by atoms with E-state index in [4.69, 9.17) is 4.74 Å². The summed E-state index contributed by atoms with van der Waals surface area (Å²) in [4.78, 5) is 29.2. The van der Waals surface area contributed by atoms with Crippen molar-refractivity contribution in [3.8, 4) is 0 Å². The SMILES string of the molecule is O=C(NC[C@H]1CC(=O)N(C2CCCC2)C1)c1cccc(N2CCOCC2)c1. The van der Waals surface area contributed by atoms with Gasteiger partial charge in [0.05, 0.1) is 13.2 Å². The predicted octanol–water partition coefficient (Wildman–Crippen LogP) is 2.04. The van der Waals surface area contributed by atoms with Gasteiger partial charge < -0.3 is 19.9 Å². The maximum absolute atomic E-state index is 12.6. The summed E-state index contributed by atoms with van der Waals surface area (Å²) < 4.78 is 5.40. The number of ether oxygens (including phenoxy) is 1. The lowest BCUT2D eigenvalue weighted by Gasteiger charge is -2.29. The molecule has 1 atom stereocenters. The molecule has 1 aromatic carbocycles. The quantitative estimate of drug-likeness (QED) is 0.861. The number of hydrogen-bond acceptors (Lipinski definition) is 4. The number of rotatable bonds is 5. The van der Waals surface area contributed by atoms with Crippen molar-refractivity contribution in [2.45, 2.75) is 38.1 Å². The van der Waals surface area contributed by atoms with E-state index in [0.717, 1.165) is 51.4 Å². The van der Waals surface area contributed by atoms with E-state index >= 15 is 0 Å². The number of morpholine rings is 1. The number of carbonyl (C=O) groups is 2. The Labute approximate surface area is 160 Å². The molecular weight excluding hydrogens is 342 g/mol. The average Bonchev–Trinajstić information content (AvgIpc) is 3.36. The Kier molecular flexibility index (Phi) is 5.62. The van der Waals surface area contributed by atoms with E-state index < -0.39 is 0 Å². The van der Waals surface area contributed by atoms with Crippen LogP contribution in [0, 0.1) is 5.92 Å². The molecule has 6 nitrogen and oxygen atoms in total. The molecule has 2 amide bonds. The van der Waals surface area contributed by atoms with Crippen LogP contribution in [0.15, 0.2) is 24.3 Å². The Morgan fingerprint density at radius 3 is 2.74 bits per heavy atom. The third-order valence-electron chi connectivity index (χ3n) is 6.04. The Morgan fingerprint density at radius 2 is 1.96 bits per heavy atom. The summed E-state index contributed by atoms with van der Waals surface area (Å²) >= 11 is 0. The van der Waals surface area contributed by atoms with Crippen LogP contribution < -0.4 is 10.2 Å². The zero-order chi connectivity index (χ0) is 18.6. The third kappa shape index (κ3) is 4.26. The van der Waals surface area contributed by atoms with Crippen LogP contribution in [-0.2, 0) is 9.53 Å². The summed E-state index contributed by atoms with van der Waals surface area (Å²) in [7, 11) is 0. The Bertz CT molecular complexity index is 681. The lowest BCUT2D eigenvalue weighted by molar-refractivity contribution is -0.129. The molecule has 4 rings (SSSR count). The molecule has 1 saturated carbocycles. The molecule has 6 heteroatoms. The first-order valence-corrected chi connectivity index (χ1v) is 10.2. The molecule has 0 unspecified atom stereocenters. The van der Waals surface area contributed by atoms with Gasteiger partial charge in [0.1, 0.15) is 0 Å². The number of likely N-dealkylation sites (tertiary alicyclic amines) is 1. The highest BCUT2D eigenvalue weighted by molar-refractivity contribution is 5.95. The number of hydrogen-bond donors (Lipinski definition) is 1. The van der Waals surface area contributed by atoms with Crippen LogP contribution in [0.2, 0.25) is 0 Å². The van der Waals surface area contributed by atoms with Gasteiger partial charge in [-0.25, -0.2) is 0 Å². The molecule has 0 bridgehead atoms. The Hall–Kier alpha value is -2.08. The molecule has 2 aliphatic heterocycles. The number of benzene rings is 1. The van der Waals surface area contributed by atoms with E-state index in [1.54, 1.807) is 0 Å². The van der Waals surface area contributed by atoms with E-state index in [-0.39, 0.29) is 17.7 Å². The minimum atomic E-state index is -0.0584. The number of nitrogens with zero attached hydrogens (tertiary/aromatic N) is 2. The fourth-order valence-electron chi connectivity index (χ4n) is 4.52. The first kappa shape index (κ1) is 18.3. The molecule has 1 aromatic rings. The van der Waals surface area contributed by atoms with Gasteiger partial charge in [0.2, 0.25) is 5.91 Å². The summed E-state index contributed by atoms with van der Waals surface area (Å²) in [6, 6.07) is 8.20. The standard InChI is InChI=1S/C21H29N3O3/c25-20-12-16(15-24(20)18-5-1-2-6-18)14-22-21(26)17-4-3-7-19(13-17)23-8-10-27-11-9-23/h3-4,7,13,16,18H,1-2,5-6,8-12,14-15H2,(H,22,26)/t16-/m1/s1. The molecule has 3 fully saturated rings. The lowest BCUT2D eigenvalue weighted by atomic mass is 10.1. The van der Waals surface area contributed by atoms with Gasteiger partial charge in [-0.2, -0.15) is 0 Å². The number of nitrogens with one attached hydrogen (secondary N) is 1. The van der Waals surface area contributed by atoms with Crippen molar-refractivity contribution in [3.63, 3.8) is 0 Å². The molecule has 27 heavy (non-hydrogen) atoms. The van der Waals surface area contributed by atoms with Gasteiger partial charge >= 0.3 is 0 Å². The van der Waals surface area contributed by atoms with Gasteiger partial charge in [-0.3, -0.25) is 9.59 Å². The number of amides is 2. The van der Waals surface area contributed by atoms with E-state index in [0.29, 0.717) is 24.6 Å². The fourth-order valence-corrected chi connectivity index (χ4v) is 4.52. The Morgan fingerprint density at radius 1 is 1.19 bits per heavy atom. The highest BCUT2D eigenvalue weighted by atomic mass is 16.5. The molecule has 2 saturated heterocycles. The first-order chi connectivity index (χ1) is 13.2. The predicted molar refractivity (Wildman–Crippen MR) is 104 cm³/mol. The highest BCUT2D eigenvalue weighted by Gasteiger charge is 2.35. The largest absolute Gasteiger partial charge is 0.378 e. The van der Waals surface area contributed by atoms with Crippen molar-refractivity contribution >= 4 is 17.5 Å². The molecule has 0 aromatic heterocycles. The summed E-state index contributed by atoms with van der Waals surface area (Å²) in [6.45, 7) is 4.51. The Balaban J connectivity index is 1.31. The molecule has 3 aliphatic rings. The van der Waals surface area contributed by atoms with Gasteiger partial charge in [0, 0.05) is 55.8 Å². The van der Waals surface area contributed by atoms with Crippen LogP contribution in [0.4, 0.5) is 5.69 Å². The minimum Gasteiger partial charge on any atom is -0.378 e. The van der Waals surface area contributed by atoms with Crippen LogP contribution in [0.3, 0.4) is 0 Å². The highest BCUT2D eigenvalue weighted by Crippen LogP contribution is 2.29. The molecule has 2 heterocycles. The minimum absolute atomic E-state index is 0.0584. The van der Waals surface area contributed by atoms with Crippen LogP contribution in [0.1, 0.15) is 42.5 Å². The molecule has 1 N–H and O–H groups in total.